The number of halogens is 4. The fourth-order valence-electron chi connectivity index (χ4n) is 2.75. The van der Waals surface area contributed by atoms with Crippen molar-refractivity contribution in [2.24, 2.45) is 5.10 Å². The van der Waals surface area contributed by atoms with E-state index in [0.717, 1.165) is 17.8 Å². The lowest BCUT2D eigenvalue weighted by molar-refractivity contribution is -0.137. The van der Waals surface area contributed by atoms with E-state index < -0.39 is 23.2 Å². The number of nitrogens with one attached hydrogen (secondary N) is 1. The van der Waals surface area contributed by atoms with Gasteiger partial charge >= 0.3 is 6.18 Å². The molecule has 30 heavy (non-hydrogen) atoms. The van der Waals surface area contributed by atoms with E-state index >= 15 is 0 Å². The zero-order chi connectivity index (χ0) is 21.7. The molecule has 0 saturated carbocycles. The van der Waals surface area contributed by atoms with E-state index in [1.165, 1.54) is 41.1 Å². The monoisotopic (exact) mass is 433 g/mol. The van der Waals surface area contributed by atoms with Crippen LogP contribution in [0.3, 0.4) is 0 Å². The summed E-state index contributed by atoms with van der Waals surface area (Å²) in [5.41, 5.74) is 1.01. The Kier molecular flexibility index (Phi) is 6.37. The Labute approximate surface area is 174 Å². The van der Waals surface area contributed by atoms with Crippen molar-refractivity contribution in [3.63, 3.8) is 0 Å². The molecule has 1 aromatic heterocycles. The van der Waals surface area contributed by atoms with Gasteiger partial charge in [-0.25, -0.2) is 5.43 Å². The van der Waals surface area contributed by atoms with Gasteiger partial charge in [0.15, 0.2) is 0 Å². The van der Waals surface area contributed by atoms with Crippen molar-refractivity contribution in [1.82, 2.24) is 9.99 Å². The Bertz CT molecular complexity index is 1160. The van der Waals surface area contributed by atoms with E-state index in [1.54, 1.807) is 24.3 Å². The van der Waals surface area contributed by atoms with E-state index in [-0.39, 0.29) is 17.7 Å². The van der Waals surface area contributed by atoms with Crippen LogP contribution in [0.5, 0.6) is 0 Å². The summed E-state index contributed by atoms with van der Waals surface area (Å²) in [5.74, 6) is -0.832. The Morgan fingerprint density at radius 3 is 2.60 bits per heavy atom. The first-order chi connectivity index (χ1) is 14.3. The van der Waals surface area contributed by atoms with Gasteiger partial charge < -0.3 is 4.57 Å². The number of nitrogens with zero attached hydrogens (tertiary/aromatic N) is 2. The summed E-state index contributed by atoms with van der Waals surface area (Å²) >= 11 is 5.94. The van der Waals surface area contributed by atoms with Gasteiger partial charge in [0.2, 0.25) is 0 Å². The normalized spacial score (nSPS) is 11.6. The highest BCUT2D eigenvalue weighted by atomic mass is 35.5. The number of hydrazone groups is 1. The predicted molar refractivity (Wildman–Crippen MR) is 108 cm³/mol. The number of alkyl halides is 3. The molecule has 3 rings (SSSR count). The molecule has 0 saturated heterocycles. The quantitative estimate of drug-likeness (QED) is 0.481. The Hall–Kier alpha value is -3.39. The molecule has 0 radical (unpaired) electrons. The summed E-state index contributed by atoms with van der Waals surface area (Å²) in [5, 5.41) is 4.08. The van der Waals surface area contributed by atoms with Crippen LogP contribution < -0.4 is 11.0 Å². The zero-order valence-corrected chi connectivity index (χ0v) is 16.1. The van der Waals surface area contributed by atoms with Crippen molar-refractivity contribution >= 4 is 23.7 Å². The standard InChI is InChI=1S/C21H15ClF3N3O2/c22-16-7-3-5-14(11-16)13-28-10-4-8-17(20(28)30)19(29)27-26-12-15-6-1-2-9-18(15)21(23,24)25/h1-12H,13H2,(H,27,29)/b26-12-. The molecular weight excluding hydrogens is 419 g/mol. The molecule has 0 atom stereocenters. The lowest BCUT2D eigenvalue weighted by Crippen LogP contribution is -2.31. The summed E-state index contributed by atoms with van der Waals surface area (Å²) in [6, 6.07) is 14.6. The maximum absolute atomic E-state index is 13.0. The second-order valence-electron chi connectivity index (χ2n) is 6.27. The fourth-order valence-corrected chi connectivity index (χ4v) is 2.97. The molecule has 1 amide bonds. The number of benzene rings is 2. The van der Waals surface area contributed by atoms with Crippen molar-refractivity contribution < 1.29 is 18.0 Å². The molecule has 3 aromatic rings. The summed E-state index contributed by atoms with van der Waals surface area (Å²) < 4.78 is 40.3. The first-order valence-electron chi connectivity index (χ1n) is 8.69. The van der Waals surface area contributed by atoms with Crippen LogP contribution in [0.25, 0.3) is 0 Å². The van der Waals surface area contributed by atoms with Gasteiger partial charge in [-0.3, -0.25) is 9.59 Å². The van der Waals surface area contributed by atoms with Crippen molar-refractivity contribution in [2.75, 3.05) is 0 Å². The zero-order valence-electron chi connectivity index (χ0n) is 15.4. The Morgan fingerprint density at radius 1 is 1.10 bits per heavy atom. The second-order valence-corrected chi connectivity index (χ2v) is 6.71. The van der Waals surface area contributed by atoms with Crippen molar-refractivity contribution in [2.45, 2.75) is 12.7 Å². The minimum atomic E-state index is -4.56. The molecule has 1 heterocycles. The van der Waals surface area contributed by atoms with Gasteiger partial charge in [-0.15, -0.1) is 0 Å². The van der Waals surface area contributed by atoms with Crippen molar-refractivity contribution in [3.8, 4) is 0 Å². The van der Waals surface area contributed by atoms with Crippen LogP contribution in [0.1, 0.15) is 27.0 Å². The lowest BCUT2D eigenvalue weighted by Gasteiger charge is -2.09. The summed E-state index contributed by atoms with van der Waals surface area (Å²) in [7, 11) is 0. The minimum Gasteiger partial charge on any atom is -0.310 e. The maximum Gasteiger partial charge on any atom is 0.417 e. The van der Waals surface area contributed by atoms with Crippen LogP contribution in [0.15, 0.2) is 76.8 Å². The summed E-state index contributed by atoms with van der Waals surface area (Å²) in [4.78, 5) is 24.9. The van der Waals surface area contributed by atoms with E-state index in [2.05, 4.69) is 10.5 Å². The van der Waals surface area contributed by atoms with Gasteiger partial charge in [0.1, 0.15) is 5.56 Å². The van der Waals surface area contributed by atoms with Gasteiger partial charge in [-0.05, 0) is 35.9 Å². The highest BCUT2D eigenvalue weighted by Crippen LogP contribution is 2.31. The number of pyridine rings is 1. The maximum atomic E-state index is 13.0. The molecule has 2 aromatic carbocycles. The minimum absolute atomic E-state index is 0.194. The number of amides is 1. The van der Waals surface area contributed by atoms with Crippen LogP contribution in [-0.2, 0) is 12.7 Å². The lowest BCUT2D eigenvalue weighted by atomic mass is 10.1. The number of rotatable bonds is 5. The summed E-state index contributed by atoms with van der Waals surface area (Å²) in [6.45, 7) is 0.197. The van der Waals surface area contributed by atoms with Gasteiger partial charge in [-0.2, -0.15) is 18.3 Å². The summed E-state index contributed by atoms with van der Waals surface area (Å²) in [6.07, 6.45) is -2.16. The highest BCUT2D eigenvalue weighted by molar-refractivity contribution is 6.30. The molecule has 0 spiro atoms. The third-order valence-corrected chi connectivity index (χ3v) is 4.38. The van der Waals surface area contributed by atoms with Gasteiger partial charge in [0, 0.05) is 16.8 Å². The molecule has 5 nitrogen and oxygen atoms in total. The van der Waals surface area contributed by atoms with E-state index in [4.69, 9.17) is 11.6 Å². The molecule has 0 aliphatic carbocycles. The molecule has 0 aliphatic heterocycles. The second kappa shape index (κ2) is 8.96. The van der Waals surface area contributed by atoms with Gasteiger partial charge in [-0.1, -0.05) is 41.9 Å². The number of carbonyl (C=O) groups is 1. The molecule has 9 heteroatoms. The SMILES string of the molecule is O=C(N/N=C\c1ccccc1C(F)(F)F)c1cccn(Cc2cccc(Cl)c2)c1=O. The smallest absolute Gasteiger partial charge is 0.310 e. The van der Waals surface area contributed by atoms with E-state index in [0.29, 0.717) is 5.02 Å². The molecule has 0 aliphatic rings. The van der Waals surface area contributed by atoms with Crippen LogP contribution in [0.2, 0.25) is 5.02 Å². The van der Waals surface area contributed by atoms with Crippen LogP contribution >= 0.6 is 11.6 Å². The molecule has 1 N–H and O–H groups in total. The van der Waals surface area contributed by atoms with Crippen molar-refractivity contribution in [1.29, 1.82) is 0 Å². The van der Waals surface area contributed by atoms with Gasteiger partial charge in [0.25, 0.3) is 11.5 Å². The van der Waals surface area contributed by atoms with Gasteiger partial charge in [0.05, 0.1) is 18.3 Å². The van der Waals surface area contributed by atoms with Crippen LogP contribution in [-0.4, -0.2) is 16.7 Å². The average molecular weight is 434 g/mol. The molecule has 0 unspecified atom stereocenters. The number of aromatic nitrogens is 1. The third kappa shape index (κ3) is 5.15. The number of hydrogen-bond acceptors (Lipinski definition) is 3. The molecule has 154 valence electrons. The number of carbonyl (C=O) groups excluding carboxylic acids is 1. The van der Waals surface area contributed by atoms with Crippen LogP contribution in [0.4, 0.5) is 13.2 Å². The largest absolute Gasteiger partial charge is 0.417 e. The Morgan fingerprint density at radius 2 is 1.87 bits per heavy atom. The third-order valence-electron chi connectivity index (χ3n) is 4.14. The topological polar surface area (TPSA) is 63.5 Å². The average Bonchev–Trinajstić information content (AvgIpc) is 2.69. The first kappa shape index (κ1) is 21.3. The fraction of sp³-hybridized carbons (Fsp3) is 0.0952. The van der Waals surface area contributed by atoms with E-state index in [9.17, 15) is 22.8 Å². The van der Waals surface area contributed by atoms with Crippen molar-refractivity contribution in [3.05, 3.63) is 104 Å². The first-order valence-corrected chi connectivity index (χ1v) is 9.07. The Balaban J connectivity index is 1.77. The van der Waals surface area contributed by atoms with Crippen LogP contribution in [0, 0.1) is 0 Å². The molecule has 0 fully saturated rings. The molecular formula is C21H15ClF3N3O2. The highest BCUT2D eigenvalue weighted by Gasteiger charge is 2.32. The van der Waals surface area contributed by atoms with E-state index in [1.807, 2.05) is 0 Å². The predicted octanol–water partition coefficient (Wildman–Crippen LogP) is 4.33. The number of hydrogen-bond donors (Lipinski definition) is 1. The molecule has 0 bridgehead atoms.